The van der Waals surface area contributed by atoms with E-state index in [1.807, 2.05) is 6.07 Å². The zero-order valence-electron chi connectivity index (χ0n) is 21.1. The average Bonchev–Trinajstić information content (AvgIpc) is 3.13. The van der Waals surface area contributed by atoms with Crippen LogP contribution in [0.5, 0.6) is 11.5 Å². The Labute approximate surface area is 248 Å². The number of ether oxygens (including phenoxy) is 2. The fraction of sp³-hybridized carbons (Fsp3) is 0.179. The second-order valence-electron chi connectivity index (χ2n) is 8.65. The Morgan fingerprint density at radius 1 is 1.05 bits per heavy atom. The molecule has 1 fully saturated rings. The number of rotatable bonds is 7. The van der Waals surface area contributed by atoms with Crippen LogP contribution in [0.3, 0.4) is 0 Å². The number of hydrazine groups is 1. The monoisotopic (exact) mass is 674 g/mol. The number of nitrogens with one attached hydrogen (secondary N) is 1. The fourth-order valence-corrected chi connectivity index (χ4v) is 5.79. The van der Waals surface area contributed by atoms with E-state index in [1.54, 1.807) is 43.5 Å². The van der Waals surface area contributed by atoms with Crippen molar-refractivity contribution in [2.45, 2.75) is 27.4 Å². The molecule has 0 aromatic heterocycles. The van der Waals surface area contributed by atoms with Crippen LogP contribution in [0.2, 0.25) is 0 Å². The molecule has 196 valence electrons. The number of carbonyl (C=O) groups is 2. The zero-order valence-corrected chi connectivity index (χ0v) is 25.9. The number of hydrogen-bond acceptors (Lipinski definition) is 6. The third kappa shape index (κ3) is 6.31. The summed E-state index contributed by atoms with van der Waals surface area (Å²) in [7, 11) is 1.57. The van der Waals surface area contributed by atoms with Gasteiger partial charge in [0, 0.05) is 10.0 Å². The lowest BCUT2D eigenvalue weighted by Gasteiger charge is -2.16. The normalized spacial score (nSPS) is 14.3. The van der Waals surface area contributed by atoms with Crippen LogP contribution in [0.25, 0.3) is 6.08 Å². The van der Waals surface area contributed by atoms with E-state index < -0.39 is 11.8 Å². The molecule has 1 saturated heterocycles. The topological polar surface area (TPSA) is 67.9 Å². The maximum Gasteiger partial charge on any atom is 0.285 e. The van der Waals surface area contributed by atoms with Gasteiger partial charge in [0.05, 0.1) is 16.5 Å². The van der Waals surface area contributed by atoms with Crippen LogP contribution in [0, 0.1) is 20.8 Å². The Hall–Kier alpha value is -2.66. The molecule has 10 heteroatoms. The predicted molar refractivity (Wildman–Crippen MR) is 162 cm³/mol. The van der Waals surface area contributed by atoms with Gasteiger partial charge in [-0.25, -0.2) is 0 Å². The molecule has 0 aliphatic carbocycles. The number of amides is 2. The van der Waals surface area contributed by atoms with Crippen molar-refractivity contribution in [3.05, 3.63) is 95.8 Å². The van der Waals surface area contributed by atoms with Crippen LogP contribution in [-0.4, -0.2) is 28.3 Å². The van der Waals surface area contributed by atoms with Crippen molar-refractivity contribution in [1.29, 1.82) is 0 Å². The van der Waals surface area contributed by atoms with Gasteiger partial charge in [-0.05, 0) is 119 Å². The molecule has 0 bridgehead atoms. The van der Waals surface area contributed by atoms with Crippen molar-refractivity contribution in [2.75, 3.05) is 7.11 Å². The molecule has 1 N–H and O–H groups in total. The molecule has 1 aliphatic rings. The van der Waals surface area contributed by atoms with Crippen molar-refractivity contribution in [2.24, 2.45) is 0 Å². The van der Waals surface area contributed by atoms with Gasteiger partial charge in [0.1, 0.15) is 6.61 Å². The van der Waals surface area contributed by atoms with Gasteiger partial charge in [0.2, 0.25) is 0 Å². The number of hydrogen-bond donors (Lipinski definition) is 1. The van der Waals surface area contributed by atoms with E-state index in [0.717, 1.165) is 32.4 Å². The summed E-state index contributed by atoms with van der Waals surface area (Å²) >= 11 is 13.4. The predicted octanol–water partition coefficient (Wildman–Crippen LogP) is 7.27. The maximum absolute atomic E-state index is 13.0. The molecule has 1 aliphatic heterocycles. The van der Waals surface area contributed by atoms with Gasteiger partial charge < -0.3 is 9.47 Å². The first-order valence-electron chi connectivity index (χ1n) is 11.5. The number of aryl methyl sites for hydroxylation is 3. The minimum atomic E-state index is -0.431. The first-order chi connectivity index (χ1) is 18.1. The van der Waals surface area contributed by atoms with Gasteiger partial charge in [0.25, 0.3) is 11.8 Å². The summed E-state index contributed by atoms with van der Waals surface area (Å²) in [5.41, 5.74) is 8.42. The molecular formula is C28H24Br2N2O4S2. The summed E-state index contributed by atoms with van der Waals surface area (Å²) in [5.74, 6) is 0.244. The highest BCUT2D eigenvalue weighted by atomic mass is 79.9. The van der Waals surface area contributed by atoms with Crippen LogP contribution in [-0.2, 0) is 11.4 Å². The number of thioether (sulfide) groups is 1. The highest BCUT2D eigenvalue weighted by Gasteiger charge is 2.34. The molecule has 3 aromatic rings. The minimum absolute atomic E-state index is 0.237. The largest absolute Gasteiger partial charge is 0.493 e. The molecule has 3 aromatic carbocycles. The first kappa shape index (κ1) is 28.4. The third-order valence-corrected chi connectivity index (χ3v) is 8.41. The molecule has 1 heterocycles. The molecule has 0 radical (unpaired) electrons. The lowest BCUT2D eigenvalue weighted by atomic mass is 10.0. The summed E-state index contributed by atoms with van der Waals surface area (Å²) < 4.78 is 13.5. The van der Waals surface area contributed by atoms with Gasteiger partial charge in [0.15, 0.2) is 15.8 Å². The quantitative estimate of drug-likeness (QED) is 0.210. The number of carbonyl (C=O) groups excluding carboxylic acids is 2. The van der Waals surface area contributed by atoms with Gasteiger partial charge in [-0.3, -0.25) is 15.0 Å². The molecule has 0 saturated carbocycles. The van der Waals surface area contributed by atoms with E-state index in [2.05, 4.69) is 70.2 Å². The van der Waals surface area contributed by atoms with E-state index >= 15 is 0 Å². The minimum Gasteiger partial charge on any atom is -0.493 e. The van der Waals surface area contributed by atoms with E-state index in [9.17, 15) is 9.59 Å². The molecule has 2 amide bonds. The Balaban J connectivity index is 1.52. The van der Waals surface area contributed by atoms with Crippen LogP contribution >= 0.6 is 55.8 Å². The Morgan fingerprint density at radius 2 is 1.74 bits per heavy atom. The summed E-state index contributed by atoms with van der Waals surface area (Å²) in [4.78, 5) is 26.0. The average molecular weight is 676 g/mol. The van der Waals surface area contributed by atoms with Crippen molar-refractivity contribution >= 4 is 78.1 Å². The van der Waals surface area contributed by atoms with Crippen molar-refractivity contribution in [1.82, 2.24) is 10.4 Å². The van der Waals surface area contributed by atoms with Gasteiger partial charge in [-0.1, -0.05) is 39.8 Å². The smallest absolute Gasteiger partial charge is 0.285 e. The summed E-state index contributed by atoms with van der Waals surface area (Å²) in [6, 6.07) is 14.7. The van der Waals surface area contributed by atoms with Gasteiger partial charge in [-0.2, -0.15) is 5.01 Å². The molecule has 0 spiro atoms. The highest BCUT2D eigenvalue weighted by molar-refractivity contribution is 9.10. The molecule has 6 nitrogen and oxygen atoms in total. The molecule has 0 unspecified atom stereocenters. The number of nitrogens with zero attached hydrogens (tertiary/aromatic N) is 1. The van der Waals surface area contributed by atoms with Crippen molar-refractivity contribution in [3.8, 4) is 11.5 Å². The second-order valence-corrected chi connectivity index (χ2v) is 12.1. The molecule has 0 atom stereocenters. The standard InChI is InChI=1S/C28H24Br2N2O4S2/c1-15-9-17(3)20(10-16(15)2)14-36-25-22(30)11-18(12-23(25)35-4)13-24-27(34)32(28(37)38-24)31-26(33)19-5-7-21(29)8-6-19/h5-13H,14H2,1-4H3,(H,31,33)/b24-13+. The third-order valence-electron chi connectivity index (χ3n) is 5.99. The summed E-state index contributed by atoms with van der Waals surface area (Å²) in [6.45, 7) is 6.63. The lowest BCUT2D eigenvalue weighted by Crippen LogP contribution is -2.44. The number of methoxy groups -OCH3 is 1. The highest BCUT2D eigenvalue weighted by Crippen LogP contribution is 2.39. The van der Waals surface area contributed by atoms with E-state index in [4.69, 9.17) is 21.7 Å². The van der Waals surface area contributed by atoms with Gasteiger partial charge in [-0.15, -0.1) is 0 Å². The summed E-state index contributed by atoms with van der Waals surface area (Å²) in [6.07, 6.45) is 1.70. The van der Waals surface area contributed by atoms with Crippen molar-refractivity contribution < 1.29 is 19.1 Å². The number of benzene rings is 3. The van der Waals surface area contributed by atoms with Gasteiger partial charge >= 0.3 is 0 Å². The molecule has 38 heavy (non-hydrogen) atoms. The number of thiocarbonyl (C=S) groups is 1. The molecule has 4 rings (SSSR count). The van der Waals surface area contributed by atoms with E-state index in [0.29, 0.717) is 38.6 Å². The molecular weight excluding hydrogens is 652 g/mol. The number of halogens is 2. The van der Waals surface area contributed by atoms with E-state index in [1.165, 1.54) is 11.1 Å². The zero-order chi connectivity index (χ0) is 27.6. The maximum atomic E-state index is 13.0. The Kier molecular flexibility index (Phi) is 8.97. The van der Waals surface area contributed by atoms with Crippen LogP contribution < -0.4 is 14.9 Å². The Morgan fingerprint density at radius 3 is 2.42 bits per heavy atom. The van der Waals surface area contributed by atoms with Crippen LogP contribution in [0.15, 0.2) is 62.4 Å². The summed E-state index contributed by atoms with van der Waals surface area (Å²) in [5, 5.41) is 1.09. The fourth-order valence-electron chi connectivity index (χ4n) is 3.77. The first-order valence-corrected chi connectivity index (χ1v) is 14.3. The lowest BCUT2D eigenvalue weighted by molar-refractivity contribution is -0.123. The van der Waals surface area contributed by atoms with Crippen molar-refractivity contribution in [3.63, 3.8) is 0 Å². The van der Waals surface area contributed by atoms with E-state index in [-0.39, 0.29) is 4.32 Å². The van der Waals surface area contributed by atoms with Crippen LogP contribution in [0.1, 0.15) is 38.2 Å². The van der Waals surface area contributed by atoms with Crippen LogP contribution in [0.4, 0.5) is 0 Å². The Bertz CT molecular complexity index is 1470. The SMILES string of the molecule is COc1cc(/C=C2/SC(=S)N(NC(=O)c3ccc(Br)cc3)C2=O)cc(Br)c1OCc1cc(C)c(C)cc1C. The second kappa shape index (κ2) is 12.0.